The number of benzene rings is 2. The lowest BCUT2D eigenvalue weighted by Crippen LogP contribution is -2.03. The van der Waals surface area contributed by atoms with Gasteiger partial charge in [0.1, 0.15) is 11.5 Å². The molecule has 0 bridgehead atoms. The molecule has 0 radical (unpaired) electrons. The van der Waals surface area contributed by atoms with Crippen LogP contribution in [0.25, 0.3) is 0 Å². The Labute approximate surface area is 299 Å². The van der Waals surface area contributed by atoms with E-state index in [-0.39, 0.29) is 0 Å². The van der Waals surface area contributed by atoms with Gasteiger partial charge in [-0.05, 0) is 73.9 Å². The molecule has 0 saturated heterocycles. The zero-order valence-corrected chi connectivity index (χ0v) is 32.1. The van der Waals surface area contributed by atoms with Crippen LogP contribution in [0.4, 0.5) is 0 Å². The van der Waals surface area contributed by atoms with Gasteiger partial charge in [-0.3, -0.25) is 0 Å². The third kappa shape index (κ3) is 25.1. The van der Waals surface area contributed by atoms with Crippen LogP contribution in [0.5, 0.6) is 11.5 Å². The molecule has 0 saturated carbocycles. The summed E-state index contributed by atoms with van der Waals surface area (Å²) in [5.74, 6) is 2.04. The first kappa shape index (κ1) is 42.2. The van der Waals surface area contributed by atoms with Crippen molar-refractivity contribution < 1.29 is 9.47 Å². The van der Waals surface area contributed by atoms with Crippen LogP contribution in [0.15, 0.2) is 48.5 Å². The van der Waals surface area contributed by atoms with E-state index in [1.54, 1.807) is 0 Å². The van der Waals surface area contributed by atoms with Crippen LogP contribution in [0, 0.1) is 0 Å². The Balaban J connectivity index is 1.41. The lowest BCUT2D eigenvalue weighted by atomic mass is 10.0. The van der Waals surface area contributed by atoms with Crippen molar-refractivity contribution in [3.63, 3.8) is 0 Å². The maximum absolute atomic E-state index is 6.09. The molecule has 0 heterocycles. The molecular weight excluding hydrogens is 585 g/mol. The predicted molar refractivity (Wildman–Crippen MR) is 212 cm³/mol. The molecule has 2 heteroatoms. The molecule has 0 fully saturated rings. The van der Waals surface area contributed by atoms with Gasteiger partial charge in [0, 0.05) is 0 Å². The first-order valence-electron chi connectivity index (χ1n) is 21.2. The maximum Gasteiger partial charge on any atom is 0.119 e. The van der Waals surface area contributed by atoms with Crippen molar-refractivity contribution in [2.45, 2.75) is 206 Å². The van der Waals surface area contributed by atoms with Crippen molar-refractivity contribution >= 4 is 0 Å². The SMILES string of the molecule is CCCCCCCCCCCCCCCc1cccc(OCCCCOc2cccc(CCCCCCCCCCCCCCC)c2)c1. The molecule has 0 aliphatic carbocycles. The van der Waals surface area contributed by atoms with Crippen molar-refractivity contribution in [2.75, 3.05) is 13.2 Å². The lowest BCUT2D eigenvalue weighted by molar-refractivity contribution is 0.266. The Morgan fingerprint density at radius 3 is 0.938 bits per heavy atom. The number of aryl methyl sites for hydroxylation is 2. The molecule has 48 heavy (non-hydrogen) atoms. The first-order chi connectivity index (χ1) is 23.8. The fourth-order valence-corrected chi connectivity index (χ4v) is 6.86. The van der Waals surface area contributed by atoms with E-state index in [2.05, 4.69) is 62.4 Å². The van der Waals surface area contributed by atoms with Gasteiger partial charge in [-0.1, -0.05) is 192 Å². The molecule has 2 nitrogen and oxygen atoms in total. The maximum atomic E-state index is 6.09. The zero-order valence-electron chi connectivity index (χ0n) is 32.1. The average Bonchev–Trinajstić information content (AvgIpc) is 3.11. The highest BCUT2D eigenvalue weighted by Crippen LogP contribution is 2.19. The molecule has 2 rings (SSSR count). The molecule has 0 aromatic heterocycles. The van der Waals surface area contributed by atoms with Crippen molar-refractivity contribution in [3.8, 4) is 11.5 Å². The molecule has 0 aliphatic heterocycles. The minimum Gasteiger partial charge on any atom is -0.494 e. The van der Waals surface area contributed by atoms with Crippen molar-refractivity contribution in [1.29, 1.82) is 0 Å². The molecular formula is C46H78O2. The van der Waals surface area contributed by atoms with Crippen LogP contribution in [0.2, 0.25) is 0 Å². The van der Waals surface area contributed by atoms with Crippen LogP contribution in [-0.4, -0.2) is 13.2 Å². The van der Waals surface area contributed by atoms with Crippen LogP contribution >= 0.6 is 0 Å². The highest BCUT2D eigenvalue weighted by atomic mass is 16.5. The number of unbranched alkanes of at least 4 members (excludes halogenated alkanes) is 25. The topological polar surface area (TPSA) is 18.5 Å². The van der Waals surface area contributed by atoms with Gasteiger partial charge in [0.2, 0.25) is 0 Å². The number of ether oxygens (including phenoxy) is 2. The van der Waals surface area contributed by atoms with Gasteiger partial charge < -0.3 is 9.47 Å². The summed E-state index contributed by atoms with van der Waals surface area (Å²) in [7, 11) is 0. The Morgan fingerprint density at radius 2 is 0.625 bits per heavy atom. The van der Waals surface area contributed by atoms with E-state index in [0.29, 0.717) is 0 Å². The highest BCUT2D eigenvalue weighted by Gasteiger charge is 2.02. The normalized spacial score (nSPS) is 11.3. The van der Waals surface area contributed by atoms with Gasteiger partial charge in [0.05, 0.1) is 13.2 Å². The third-order valence-electron chi connectivity index (χ3n) is 10.0. The minimum atomic E-state index is 0.755. The van der Waals surface area contributed by atoms with Crippen LogP contribution in [-0.2, 0) is 12.8 Å². The van der Waals surface area contributed by atoms with Gasteiger partial charge in [-0.25, -0.2) is 0 Å². The zero-order chi connectivity index (χ0) is 34.0. The number of rotatable bonds is 35. The molecule has 2 aromatic carbocycles. The van der Waals surface area contributed by atoms with E-state index in [0.717, 1.165) is 37.6 Å². The second kappa shape index (κ2) is 32.3. The van der Waals surface area contributed by atoms with Crippen LogP contribution < -0.4 is 9.47 Å². The summed E-state index contributed by atoms with van der Waals surface area (Å²) < 4.78 is 12.2. The summed E-state index contributed by atoms with van der Waals surface area (Å²) in [4.78, 5) is 0. The highest BCUT2D eigenvalue weighted by molar-refractivity contribution is 5.29. The van der Waals surface area contributed by atoms with Gasteiger partial charge >= 0.3 is 0 Å². The quantitative estimate of drug-likeness (QED) is 0.0684. The van der Waals surface area contributed by atoms with E-state index in [4.69, 9.17) is 9.47 Å². The molecule has 0 spiro atoms. The molecule has 0 N–H and O–H groups in total. The molecule has 0 atom stereocenters. The standard InChI is InChI=1S/C46H78O2/c1-3-5-7-9-11-13-15-17-19-21-23-25-27-33-43-35-31-37-45(41-43)47-39-29-30-40-48-46-38-32-36-44(42-46)34-28-26-24-22-20-18-16-14-12-10-8-6-4-2/h31-32,35-38,41-42H,3-30,33-34,39-40H2,1-2H3. The summed E-state index contributed by atoms with van der Waals surface area (Å²) in [6.45, 7) is 6.10. The van der Waals surface area contributed by atoms with E-state index >= 15 is 0 Å². The average molecular weight is 663 g/mol. The predicted octanol–water partition coefficient (Wildman–Crippen LogP) is 15.2. The van der Waals surface area contributed by atoms with Gasteiger partial charge in [-0.2, -0.15) is 0 Å². The Hall–Kier alpha value is -1.96. The minimum absolute atomic E-state index is 0.755. The second-order valence-corrected chi connectivity index (χ2v) is 14.7. The van der Waals surface area contributed by atoms with Crippen LogP contribution in [0.3, 0.4) is 0 Å². The number of hydrogen-bond acceptors (Lipinski definition) is 2. The smallest absolute Gasteiger partial charge is 0.119 e. The first-order valence-corrected chi connectivity index (χ1v) is 21.2. The number of hydrogen-bond donors (Lipinski definition) is 0. The Morgan fingerprint density at radius 1 is 0.333 bits per heavy atom. The molecule has 0 amide bonds. The van der Waals surface area contributed by atoms with Crippen molar-refractivity contribution in [1.82, 2.24) is 0 Å². The van der Waals surface area contributed by atoms with Crippen molar-refractivity contribution in [3.05, 3.63) is 59.7 Å². The Bertz CT molecular complexity index is 875. The summed E-state index contributed by atoms with van der Waals surface area (Å²) in [5.41, 5.74) is 2.83. The van der Waals surface area contributed by atoms with Crippen molar-refractivity contribution in [2.24, 2.45) is 0 Å². The summed E-state index contributed by atoms with van der Waals surface area (Å²) in [6.07, 6.45) is 41.0. The van der Waals surface area contributed by atoms with E-state index in [1.807, 2.05) is 0 Å². The van der Waals surface area contributed by atoms with Gasteiger partial charge in [-0.15, -0.1) is 0 Å². The van der Waals surface area contributed by atoms with E-state index < -0.39 is 0 Å². The van der Waals surface area contributed by atoms with E-state index in [1.165, 1.54) is 191 Å². The Kier molecular flexibility index (Phi) is 28.4. The third-order valence-corrected chi connectivity index (χ3v) is 10.0. The van der Waals surface area contributed by atoms with Gasteiger partial charge in [0.25, 0.3) is 0 Å². The fraction of sp³-hybridized carbons (Fsp3) is 0.739. The summed E-state index contributed by atoms with van der Waals surface area (Å²) >= 11 is 0. The second-order valence-electron chi connectivity index (χ2n) is 14.7. The monoisotopic (exact) mass is 663 g/mol. The molecule has 0 aliphatic rings. The van der Waals surface area contributed by atoms with Crippen LogP contribution in [0.1, 0.15) is 205 Å². The molecule has 2 aromatic rings. The molecule has 0 unspecified atom stereocenters. The van der Waals surface area contributed by atoms with Gasteiger partial charge in [0.15, 0.2) is 0 Å². The lowest BCUT2D eigenvalue weighted by Gasteiger charge is -2.10. The fourth-order valence-electron chi connectivity index (χ4n) is 6.86. The largest absolute Gasteiger partial charge is 0.494 e. The summed E-state index contributed by atoms with van der Waals surface area (Å²) in [6, 6.07) is 17.5. The van der Waals surface area contributed by atoms with E-state index in [9.17, 15) is 0 Å². The summed E-state index contributed by atoms with van der Waals surface area (Å²) in [5, 5.41) is 0. The molecule has 274 valence electrons.